The number of carboxylic acid groups (broad SMARTS) is 1. The summed E-state index contributed by atoms with van der Waals surface area (Å²) in [4.78, 5) is 12.9. The Morgan fingerprint density at radius 2 is 1.92 bits per heavy atom. The maximum Gasteiger partial charge on any atom is 0.309 e. The maximum absolute atomic E-state index is 10.8. The summed E-state index contributed by atoms with van der Waals surface area (Å²) in [5, 5.41) is 18.0. The number of hydrogen-bond donors (Lipinski definition) is 1. The van der Waals surface area contributed by atoms with E-state index in [0.717, 1.165) is 23.4 Å². The Balaban J connectivity index is 1.52. The number of ether oxygens (including phenoxy) is 2. The first-order chi connectivity index (χ1) is 12.6. The molecule has 1 aliphatic heterocycles. The molecule has 1 N–H and O–H groups in total. The first-order valence-corrected chi connectivity index (χ1v) is 8.33. The number of rotatable bonds is 7. The van der Waals surface area contributed by atoms with Gasteiger partial charge >= 0.3 is 5.97 Å². The molecule has 0 bridgehead atoms. The number of methoxy groups -OCH3 is 1. The highest BCUT2D eigenvalue weighted by Gasteiger charge is 2.32. The van der Waals surface area contributed by atoms with E-state index in [-0.39, 0.29) is 5.92 Å². The quantitative estimate of drug-likeness (QED) is 0.825. The number of aliphatic carboxylic acids is 1. The maximum atomic E-state index is 10.8. The minimum absolute atomic E-state index is 0.236. The molecule has 2 aromatic carbocycles. The average Bonchev–Trinajstić information content (AvgIpc) is 2.63. The lowest BCUT2D eigenvalue weighted by atomic mass is 10.00. The van der Waals surface area contributed by atoms with Gasteiger partial charge in [0.2, 0.25) is 0 Å². The first-order valence-electron chi connectivity index (χ1n) is 8.33. The standard InChI is InChI=1S/C20H20N2O4/c1-25-19-7-4-15(8-16(19)9-21)13-26-18-5-2-14(3-6-18)10-22-11-17(12-22)20(23)24/h2-8,17H,10-13H2,1H3,(H,23,24). The second kappa shape index (κ2) is 7.89. The van der Waals surface area contributed by atoms with Crippen molar-refractivity contribution in [2.45, 2.75) is 13.2 Å². The van der Waals surface area contributed by atoms with Crippen LogP contribution in [0.1, 0.15) is 16.7 Å². The molecular weight excluding hydrogens is 332 g/mol. The third-order valence-electron chi connectivity index (χ3n) is 4.43. The SMILES string of the molecule is COc1ccc(COc2ccc(CN3CC(C(=O)O)C3)cc2)cc1C#N. The summed E-state index contributed by atoms with van der Waals surface area (Å²) in [6, 6.07) is 15.3. The van der Waals surface area contributed by atoms with Crippen LogP contribution in [-0.2, 0) is 17.9 Å². The zero-order valence-electron chi connectivity index (χ0n) is 14.5. The molecule has 0 saturated carbocycles. The van der Waals surface area contributed by atoms with Gasteiger partial charge in [-0.05, 0) is 35.4 Å². The summed E-state index contributed by atoms with van der Waals surface area (Å²) < 4.78 is 10.9. The van der Waals surface area contributed by atoms with E-state index in [2.05, 4.69) is 11.0 Å². The summed E-state index contributed by atoms with van der Waals surface area (Å²) >= 11 is 0. The van der Waals surface area contributed by atoms with Crippen LogP contribution >= 0.6 is 0 Å². The lowest BCUT2D eigenvalue weighted by molar-refractivity contribution is -0.147. The second-order valence-electron chi connectivity index (χ2n) is 6.31. The van der Waals surface area contributed by atoms with Crippen LogP contribution in [-0.4, -0.2) is 36.2 Å². The summed E-state index contributed by atoms with van der Waals surface area (Å²) in [6.45, 7) is 2.32. The van der Waals surface area contributed by atoms with Crippen LogP contribution in [0.4, 0.5) is 0 Å². The topological polar surface area (TPSA) is 82.8 Å². The second-order valence-corrected chi connectivity index (χ2v) is 6.31. The van der Waals surface area contributed by atoms with Crippen LogP contribution in [0.5, 0.6) is 11.5 Å². The van der Waals surface area contributed by atoms with Crippen molar-refractivity contribution in [1.82, 2.24) is 4.90 Å². The fourth-order valence-corrected chi connectivity index (χ4v) is 2.90. The fraction of sp³-hybridized carbons (Fsp3) is 0.300. The summed E-state index contributed by atoms with van der Waals surface area (Å²) in [5.41, 5.74) is 2.50. The van der Waals surface area contributed by atoms with Crippen molar-refractivity contribution in [3.8, 4) is 17.6 Å². The van der Waals surface area contributed by atoms with E-state index >= 15 is 0 Å². The van der Waals surface area contributed by atoms with Crippen molar-refractivity contribution in [3.05, 3.63) is 59.2 Å². The lowest BCUT2D eigenvalue weighted by Gasteiger charge is -2.36. The Bertz CT molecular complexity index is 821. The van der Waals surface area contributed by atoms with Gasteiger partial charge in [-0.2, -0.15) is 5.26 Å². The van der Waals surface area contributed by atoms with Crippen LogP contribution in [0.25, 0.3) is 0 Å². The molecule has 0 aromatic heterocycles. The van der Waals surface area contributed by atoms with E-state index < -0.39 is 5.97 Å². The van der Waals surface area contributed by atoms with Crippen molar-refractivity contribution in [1.29, 1.82) is 5.26 Å². The number of carbonyl (C=O) groups is 1. The molecule has 0 radical (unpaired) electrons. The summed E-state index contributed by atoms with van der Waals surface area (Å²) in [6.07, 6.45) is 0. The lowest BCUT2D eigenvalue weighted by Crippen LogP contribution is -2.49. The number of nitriles is 1. The number of hydrogen-bond acceptors (Lipinski definition) is 5. The molecule has 0 aliphatic carbocycles. The molecular formula is C20H20N2O4. The Morgan fingerprint density at radius 3 is 2.54 bits per heavy atom. The van der Waals surface area contributed by atoms with Gasteiger partial charge in [0.1, 0.15) is 24.2 Å². The summed E-state index contributed by atoms with van der Waals surface area (Å²) in [7, 11) is 1.54. The molecule has 3 rings (SSSR count). The van der Waals surface area contributed by atoms with Crippen molar-refractivity contribution in [2.75, 3.05) is 20.2 Å². The van der Waals surface area contributed by atoms with Crippen molar-refractivity contribution < 1.29 is 19.4 Å². The zero-order valence-corrected chi connectivity index (χ0v) is 14.5. The highest BCUT2D eigenvalue weighted by atomic mass is 16.5. The van der Waals surface area contributed by atoms with E-state index in [1.165, 1.54) is 7.11 Å². The average molecular weight is 352 g/mol. The van der Waals surface area contributed by atoms with Gasteiger partial charge in [-0.25, -0.2) is 0 Å². The Hall–Kier alpha value is -3.04. The number of benzene rings is 2. The molecule has 0 spiro atoms. The highest BCUT2D eigenvalue weighted by molar-refractivity contribution is 5.71. The Kier molecular flexibility index (Phi) is 5.40. The van der Waals surface area contributed by atoms with Gasteiger partial charge in [0.15, 0.2) is 0 Å². The molecule has 1 aliphatic rings. The molecule has 6 heteroatoms. The number of carboxylic acids is 1. The van der Waals surface area contributed by atoms with Crippen LogP contribution in [0.2, 0.25) is 0 Å². The van der Waals surface area contributed by atoms with Crippen molar-refractivity contribution >= 4 is 5.97 Å². The molecule has 26 heavy (non-hydrogen) atoms. The van der Waals surface area contributed by atoms with Crippen molar-refractivity contribution in [2.24, 2.45) is 5.92 Å². The van der Waals surface area contributed by atoms with Gasteiger partial charge in [0.25, 0.3) is 0 Å². The van der Waals surface area contributed by atoms with E-state index in [1.54, 1.807) is 12.1 Å². The third kappa shape index (κ3) is 4.13. The van der Waals surface area contributed by atoms with Gasteiger partial charge in [0, 0.05) is 19.6 Å². The molecule has 0 unspecified atom stereocenters. The summed E-state index contributed by atoms with van der Waals surface area (Å²) in [5.74, 6) is 0.343. The molecule has 2 aromatic rings. The zero-order chi connectivity index (χ0) is 18.5. The van der Waals surface area contributed by atoms with E-state index in [4.69, 9.17) is 19.8 Å². The van der Waals surface area contributed by atoms with Gasteiger partial charge in [0.05, 0.1) is 18.6 Å². The molecule has 1 fully saturated rings. The van der Waals surface area contributed by atoms with Crippen LogP contribution in [0.3, 0.4) is 0 Å². The Labute approximate surface area is 152 Å². The van der Waals surface area contributed by atoms with Crippen LogP contribution < -0.4 is 9.47 Å². The van der Waals surface area contributed by atoms with E-state index in [9.17, 15) is 4.79 Å². The molecule has 6 nitrogen and oxygen atoms in total. The third-order valence-corrected chi connectivity index (χ3v) is 4.43. The van der Waals surface area contributed by atoms with E-state index in [0.29, 0.717) is 31.0 Å². The minimum Gasteiger partial charge on any atom is -0.495 e. The van der Waals surface area contributed by atoms with Gasteiger partial charge in [-0.1, -0.05) is 18.2 Å². The first kappa shape index (κ1) is 17.8. The largest absolute Gasteiger partial charge is 0.495 e. The Morgan fingerprint density at radius 1 is 1.23 bits per heavy atom. The molecule has 134 valence electrons. The van der Waals surface area contributed by atoms with Crippen molar-refractivity contribution in [3.63, 3.8) is 0 Å². The van der Waals surface area contributed by atoms with Gasteiger partial charge in [-0.3, -0.25) is 9.69 Å². The van der Waals surface area contributed by atoms with Gasteiger partial charge < -0.3 is 14.6 Å². The molecule has 1 saturated heterocycles. The number of nitrogens with zero attached hydrogens (tertiary/aromatic N) is 2. The molecule has 0 amide bonds. The molecule has 1 heterocycles. The van der Waals surface area contributed by atoms with Crippen LogP contribution in [0.15, 0.2) is 42.5 Å². The van der Waals surface area contributed by atoms with Gasteiger partial charge in [-0.15, -0.1) is 0 Å². The van der Waals surface area contributed by atoms with E-state index in [1.807, 2.05) is 30.3 Å². The minimum atomic E-state index is -0.719. The van der Waals surface area contributed by atoms with Crippen LogP contribution in [0, 0.1) is 17.2 Å². The monoisotopic (exact) mass is 352 g/mol. The predicted molar refractivity (Wildman–Crippen MR) is 94.9 cm³/mol. The predicted octanol–water partition coefficient (Wildman–Crippen LogP) is 2.66. The normalized spacial score (nSPS) is 14.3. The fourth-order valence-electron chi connectivity index (χ4n) is 2.90. The highest BCUT2D eigenvalue weighted by Crippen LogP contribution is 2.22. The molecule has 0 atom stereocenters. The number of likely N-dealkylation sites (tertiary alicyclic amines) is 1. The smallest absolute Gasteiger partial charge is 0.309 e.